The van der Waals surface area contributed by atoms with Crippen molar-refractivity contribution in [3.63, 3.8) is 0 Å². The normalized spacial score (nSPS) is 22.7. The molecule has 1 unspecified atom stereocenters. The van der Waals surface area contributed by atoms with E-state index in [1.807, 2.05) is 4.90 Å². The molecule has 3 fully saturated rings. The van der Waals surface area contributed by atoms with Gasteiger partial charge in [0.2, 0.25) is 11.9 Å². The Balaban J connectivity index is 1.82. The lowest BCUT2D eigenvalue weighted by atomic mass is 9.84. The predicted octanol–water partition coefficient (Wildman–Crippen LogP) is 2.25. The molecule has 0 bridgehead atoms. The molecule has 0 radical (unpaired) electrons. The number of nitrogens with zero attached hydrogens (tertiary/aromatic N) is 4. The highest BCUT2D eigenvalue weighted by atomic mass is 16.5. The van der Waals surface area contributed by atoms with Crippen LogP contribution in [-0.2, 0) is 14.3 Å². The van der Waals surface area contributed by atoms with Crippen LogP contribution in [0.25, 0.3) is 0 Å². The molecule has 0 spiro atoms. The number of rotatable bonds is 7. The van der Waals surface area contributed by atoms with Gasteiger partial charge >= 0.3 is 6.09 Å². The summed E-state index contributed by atoms with van der Waals surface area (Å²) in [7, 11) is 0. The molecule has 3 aliphatic rings. The van der Waals surface area contributed by atoms with E-state index in [9.17, 15) is 14.9 Å². The minimum atomic E-state index is -0.878. The highest BCUT2D eigenvalue weighted by molar-refractivity contribution is 5.96. The van der Waals surface area contributed by atoms with Gasteiger partial charge in [-0.25, -0.2) is 9.79 Å². The van der Waals surface area contributed by atoms with Crippen LogP contribution in [0.15, 0.2) is 4.99 Å². The fraction of sp³-hybridized carbons (Fsp3) is 0.840. The van der Waals surface area contributed by atoms with E-state index in [1.165, 1.54) is 6.42 Å². The number of hydrogen-bond donors (Lipinski definition) is 2. The number of piperidine rings is 1. The summed E-state index contributed by atoms with van der Waals surface area (Å²) in [6.45, 7) is 8.78. The maximum absolute atomic E-state index is 13.7. The molecular formula is C25H42N6O4. The minimum absolute atomic E-state index is 0.238. The van der Waals surface area contributed by atoms with Gasteiger partial charge in [-0.1, -0.05) is 39.0 Å². The maximum Gasteiger partial charge on any atom is 0.413 e. The third-order valence-electron chi connectivity index (χ3n) is 7.40. The summed E-state index contributed by atoms with van der Waals surface area (Å²) < 4.78 is 10.6. The summed E-state index contributed by atoms with van der Waals surface area (Å²) in [5.41, 5.74) is -0.878. The first-order valence-electron chi connectivity index (χ1n) is 13.3. The number of guanidine groups is 1. The van der Waals surface area contributed by atoms with Crippen LogP contribution in [0.4, 0.5) is 4.79 Å². The molecule has 35 heavy (non-hydrogen) atoms. The Kier molecular flexibility index (Phi) is 10.6. The lowest BCUT2D eigenvalue weighted by Crippen LogP contribution is -2.57. The Morgan fingerprint density at radius 2 is 1.83 bits per heavy atom. The van der Waals surface area contributed by atoms with E-state index in [0.717, 1.165) is 45.3 Å². The van der Waals surface area contributed by atoms with Crippen molar-refractivity contribution in [1.29, 1.82) is 5.26 Å². The van der Waals surface area contributed by atoms with Gasteiger partial charge in [-0.3, -0.25) is 10.1 Å². The van der Waals surface area contributed by atoms with Crippen LogP contribution < -0.4 is 10.6 Å². The molecule has 0 aromatic rings. The lowest BCUT2D eigenvalue weighted by molar-refractivity contribution is -0.124. The summed E-state index contributed by atoms with van der Waals surface area (Å²) in [6.07, 6.45) is 6.91. The SMILES string of the molecule is CCOC(=O)NC(=NC(CC1CCCCC1)C(=O)NC1(C#N)CCN(CC)CC1)N1CCOCC1. The molecular weight excluding hydrogens is 448 g/mol. The largest absolute Gasteiger partial charge is 0.450 e. The third kappa shape index (κ3) is 8.07. The lowest BCUT2D eigenvalue weighted by Gasteiger charge is -2.38. The highest BCUT2D eigenvalue weighted by Crippen LogP contribution is 2.29. The Labute approximate surface area is 209 Å². The van der Waals surface area contributed by atoms with E-state index < -0.39 is 17.7 Å². The van der Waals surface area contributed by atoms with Crippen LogP contribution in [0.1, 0.15) is 65.2 Å². The second kappa shape index (κ2) is 13.6. The van der Waals surface area contributed by atoms with Crippen LogP contribution in [0.5, 0.6) is 0 Å². The van der Waals surface area contributed by atoms with Gasteiger partial charge < -0.3 is 24.6 Å². The van der Waals surface area contributed by atoms with Crippen molar-refractivity contribution in [2.45, 2.75) is 76.8 Å². The molecule has 196 valence electrons. The first-order valence-corrected chi connectivity index (χ1v) is 13.3. The van der Waals surface area contributed by atoms with E-state index in [2.05, 4.69) is 28.5 Å². The van der Waals surface area contributed by atoms with Crippen molar-refractivity contribution >= 4 is 18.0 Å². The number of carbonyl (C=O) groups excluding carboxylic acids is 2. The smallest absolute Gasteiger partial charge is 0.413 e. The first-order chi connectivity index (χ1) is 17.0. The van der Waals surface area contributed by atoms with Gasteiger partial charge in [0.1, 0.15) is 11.6 Å². The van der Waals surface area contributed by atoms with Crippen LogP contribution in [0.3, 0.4) is 0 Å². The van der Waals surface area contributed by atoms with E-state index >= 15 is 0 Å². The molecule has 3 rings (SSSR count). The van der Waals surface area contributed by atoms with E-state index in [-0.39, 0.29) is 12.5 Å². The summed E-state index contributed by atoms with van der Waals surface area (Å²) >= 11 is 0. The standard InChI is InChI=1S/C25H42N6O4/c1-3-30-12-10-25(19-26,11-13-30)29-22(32)21(18-20-8-6-5-7-9-20)27-23(28-24(33)35-4-2)31-14-16-34-17-15-31/h20-21H,3-18H2,1-2H3,(H,29,32)(H,27,28,33). The predicted molar refractivity (Wildman–Crippen MR) is 133 cm³/mol. The number of likely N-dealkylation sites (tertiary alicyclic amines) is 1. The topological polar surface area (TPSA) is 119 Å². The van der Waals surface area contributed by atoms with Crippen molar-refractivity contribution in [1.82, 2.24) is 20.4 Å². The average molecular weight is 491 g/mol. The van der Waals surface area contributed by atoms with Gasteiger partial charge in [-0.05, 0) is 38.6 Å². The van der Waals surface area contributed by atoms with Crippen molar-refractivity contribution in [3.8, 4) is 6.07 Å². The zero-order valence-corrected chi connectivity index (χ0v) is 21.4. The summed E-state index contributed by atoms with van der Waals surface area (Å²) in [5, 5.41) is 15.8. The summed E-state index contributed by atoms with van der Waals surface area (Å²) in [4.78, 5) is 35.0. The quantitative estimate of drug-likeness (QED) is 0.415. The molecule has 0 aromatic heterocycles. The Bertz CT molecular complexity index is 762. The molecule has 2 N–H and O–H groups in total. The Hall–Kier alpha value is -2.38. The summed E-state index contributed by atoms with van der Waals surface area (Å²) in [6, 6.07) is 1.71. The van der Waals surface area contributed by atoms with Crippen LogP contribution in [0.2, 0.25) is 0 Å². The molecule has 1 atom stereocenters. The number of amides is 2. The van der Waals surface area contributed by atoms with E-state index in [1.54, 1.807) is 6.92 Å². The molecule has 10 nitrogen and oxygen atoms in total. The number of nitrogens with one attached hydrogen (secondary N) is 2. The van der Waals surface area contributed by atoms with Gasteiger partial charge in [0.05, 0.1) is 25.9 Å². The number of aliphatic imine (C=N–C) groups is 1. The van der Waals surface area contributed by atoms with Crippen LogP contribution in [0, 0.1) is 17.2 Å². The van der Waals surface area contributed by atoms with Crippen molar-refractivity contribution < 1.29 is 19.1 Å². The van der Waals surface area contributed by atoms with E-state index in [0.29, 0.717) is 57.4 Å². The first kappa shape index (κ1) is 27.2. The molecule has 10 heteroatoms. The molecule has 0 aromatic carbocycles. The van der Waals surface area contributed by atoms with Gasteiger partial charge in [0.15, 0.2) is 0 Å². The highest BCUT2D eigenvalue weighted by Gasteiger charge is 2.38. The minimum Gasteiger partial charge on any atom is -0.450 e. The Morgan fingerprint density at radius 1 is 1.14 bits per heavy atom. The summed E-state index contributed by atoms with van der Waals surface area (Å²) in [5.74, 6) is 0.504. The molecule has 2 aliphatic heterocycles. The van der Waals surface area contributed by atoms with Crippen molar-refractivity contribution in [2.24, 2.45) is 10.9 Å². The fourth-order valence-corrected chi connectivity index (χ4v) is 5.17. The number of alkyl carbamates (subject to hydrolysis) is 1. The molecule has 1 saturated carbocycles. The average Bonchev–Trinajstić information content (AvgIpc) is 2.89. The molecule has 1 aliphatic carbocycles. The molecule has 2 amide bonds. The Morgan fingerprint density at radius 3 is 2.43 bits per heavy atom. The number of hydrogen-bond acceptors (Lipinski definition) is 7. The fourth-order valence-electron chi connectivity index (χ4n) is 5.17. The second-order valence-electron chi connectivity index (χ2n) is 9.77. The van der Waals surface area contributed by atoms with Crippen LogP contribution in [-0.4, -0.2) is 91.9 Å². The van der Waals surface area contributed by atoms with Gasteiger partial charge in [-0.15, -0.1) is 0 Å². The van der Waals surface area contributed by atoms with Crippen molar-refractivity contribution in [3.05, 3.63) is 0 Å². The maximum atomic E-state index is 13.7. The number of nitriles is 1. The second-order valence-corrected chi connectivity index (χ2v) is 9.77. The number of ether oxygens (including phenoxy) is 2. The van der Waals surface area contributed by atoms with Crippen molar-refractivity contribution in [2.75, 3.05) is 52.5 Å². The number of morpholine rings is 1. The third-order valence-corrected chi connectivity index (χ3v) is 7.40. The van der Waals surface area contributed by atoms with E-state index in [4.69, 9.17) is 14.5 Å². The zero-order valence-electron chi connectivity index (χ0n) is 21.4. The van der Waals surface area contributed by atoms with Gasteiger partial charge in [0, 0.05) is 26.2 Å². The van der Waals surface area contributed by atoms with Gasteiger partial charge in [-0.2, -0.15) is 5.26 Å². The van der Waals surface area contributed by atoms with Crippen LogP contribution >= 0.6 is 0 Å². The van der Waals surface area contributed by atoms with Gasteiger partial charge in [0.25, 0.3) is 0 Å². The molecule has 2 saturated heterocycles. The number of carbonyl (C=O) groups is 2. The molecule has 2 heterocycles. The zero-order chi connectivity index (χ0) is 25.1. The monoisotopic (exact) mass is 490 g/mol.